The van der Waals surface area contributed by atoms with E-state index in [-0.39, 0.29) is 0 Å². The molecule has 0 saturated heterocycles. The van der Waals surface area contributed by atoms with Gasteiger partial charge in [0.25, 0.3) is 0 Å². The summed E-state index contributed by atoms with van der Waals surface area (Å²) in [5, 5.41) is 2.13. The monoisotopic (exact) mass is 260 g/mol. The summed E-state index contributed by atoms with van der Waals surface area (Å²) < 4.78 is 0. The fraction of sp³-hybridized carbons (Fsp3) is 0.333. The van der Waals surface area contributed by atoms with Gasteiger partial charge in [0.1, 0.15) is 0 Å². The van der Waals surface area contributed by atoms with Crippen LogP contribution in [0.1, 0.15) is 16.0 Å². The van der Waals surface area contributed by atoms with Crippen molar-refractivity contribution in [2.45, 2.75) is 19.9 Å². The summed E-state index contributed by atoms with van der Waals surface area (Å²) in [5.41, 5.74) is 9.46. The SMILES string of the molecule is Cc1cc(N(C)CCc2cccs2)ccc1CN. The average Bonchev–Trinajstić information content (AvgIpc) is 2.89. The van der Waals surface area contributed by atoms with Crippen molar-refractivity contribution >= 4 is 17.0 Å². The highest BCUT2D eigenvalue weighted by atomic mass is 32.1. The average molecular weight is 260 g/mol. The highest BCUT2D eigenvalue weighted by Crippen LogP contribution is 2.19. The summed E-state index contributed by atoms with van der Waals surface area (Å²) in [5.74, 6) is 0. The van der Waals surface area contributed by atoms with Gasteiger partial charge in [-0.15, -0.1) is 11.3 Å². The molecule has 0 aliphatic carbocycles. The first-order chi connectivity index (χ1) is 8.70. The number of aryl methyl sites for hydroxylation is 1. The molecule has 2 nitrogen and oxygen atoms in total. The second-order valence-corrected chi connectivity index (χ2v) is 5.60. The summed E-state index contributed by atoms with van der Waals surface area (Å²) >= 11 is 1.83. The summed E-state index contributed by atoms with van der Waals surface area (Å²) in [7, 11) is 2.14. The molecular weight excluding hydrogens is 240 g/mol. The Kier molecular flexibility index (Phi) is 4.39. The molecule has 2 N–H and O–H groups in total. The van der Waals surface area contributed by atoms with E-state index in [2.05, 4.69) is 54.6 Å². The van der Waals surface area contributed by atoms with Crippen molar-refractivity contribution in [1.29, 1.82) is 0 Å². The van der Waals surface area contributed by atoms with Gasteiger partial charge >= 0.3 is 0 Å². The Labute approximate surface area is 113 Å². The molecule has 0 amide bonds. The van der Waals surface area contributed by atoms with E-state index in [1.54, 1.807) is 0 Å². The molecule has 0 aliphatic heterocycles. The lowest BCUT2D eigenvalue weighted by Crippen LogP contribution is -2.20. The van der Waals surface area contributed by atoms with Gasteiger partial charge in [0, 0.05) is 30.7 Å². The zero-order valence-electron chi connectivity index (χ0n) is 11.0. The zero-order chi connectivity index (χ0) is 13.0. The van der Waals surface area contributed by atoms with Crippen LogP contribution in [0.15, 0.2) is 35.7 Å². The molecule has 96 valence electrons. The minimum atomic E-state index is 0.616. The third kappa shape index (κ3) is 3.12. The van der Waals surface area contributed by atoms with Crippen molar-refractivity contribution < 1.29 is 0 Å². The number of nitrogens with two attached hydrogens (primary N) is 1. The van der Waals surface area contributed by atoms with Gasteiger partial charge in [-0.25, -0.2) is 0 Å². The second kappa shape index (κ2) is 6.03. The first-order valence-electron chi connectivity index (χ1n) is 6.24. The number of nitrogens with zero attached hydrogens (tertiary/aromatic N) is 1. The molecule has 1 aromatic carbocycles. The van der Waals surface area contributed by atoms with Gasteiger partial charge in [-0.1, -0.05) is 12.1 Å². The minimum absolute atomic E-state index is 0.616. The van der Waals surface area contributed by atoms with Crippen LogP contribution >= 0.6 is 11.3 Å². The first-order valence-corrected chi connectivity index (χ1v) is 7.12. The van der Waals surface area contributed by atoms with Crippen LogP contribution in [-0.2, 0) is 13.0 Å². The van der Waals surface area contributed by atoms with E-state index in [1.165, 1.54) is 21.7 Å². The Hall–Kier alpha value is -1.32. The number of likely N-dealkylation sites (N-methyl/N-ethyl adjacent to an activating group) is 1. The van der Waals surface area contributed by atoms with Crippen molar-refractivity contribution in [3.8, 4) is 0 Å². The summed E-state index contributed by atoms with van der Waals surface area (Å²) in [6.07, 6.45) is 1.10. The Morgan fingerprint density at radius 3 is 2.72 bits per heavy atom. The van der Waals surface area contributed by atoms with E-state index in [1.807, 2.05) is 11.3 Å². The number of hydrogen-bond acceptors (Lipinski definition) is 3. The van der Waals surface area contributed by atoms with Crippen LogP contribution in [0.5, 0.6) is 0 Å². The van der Waals surface area contributed by atoms with Gasteiger partial charge < -0.3 is 10.6 Å². The second-order valence-electron chi connectivity index (χ2n) is 4.57. The van der Waals surface area contributed by atoms with E-state index in [4.69, 9.17) is 5.73 Å². The van der Waals surface area contributed by atoms with Crippen molar-refractivity contribution in [2.75, 3.05) is 18.5 Å². The molecule has 0 radical (unpaired) electrons. The zero-order valence-corrected chi connectivity index (χ0v) is 11.8. The van der Waals surface area contributed by atoms with Crippen LogP contribution in [0.2, 0.25) is 0 Å². The van der Waals surface area contributed by atoms with Crippen LogP contribution in [0.3, 0.4) is 0 Å². The van der Waals surface area contributed by atoms with E-state index in [0.29, 0.717) is 6.54 Å². The maximum absolute atomic E-state index is 5.69. The molecular formula is C15H20N2S. The van der Waals surface area contributed by atoms with Gasteiger partial charge in [-0.3, -0.25) is 0 Å². The van der Waals surface area contributed by atoms with E-state index < -0.39 is 0 Å². The predicted octanol–water partition coefficient (Wildman–Crippen LogP) is 3.19. The quantitative estimate of drug-likeness (QED) is 0.894. The largest absolute Gasteiger partial charge is 0.374 e. The van der Waals surface area contributed by atoms with E-state index in [0.717, 1.165) is 13.0 Å². The Morgan fingerprint density at radius 2 is 2.11 bits per heavy atom. The van der Waals surface area contributed by atoms with Crippen LogP contribution in [0.4, 0.5) is 5.69 Å². The fourth-order valence-corrected chi connectivity index (χ4v) is 2.71. The van der Waals surface area contributed by atoms with Gasteiger partial charge in [0.2, 0.25) is 0 Å². The molecule has 3 heteroatoms. The smallest absolute Gasteiger partial charge is 0.0366 e. The molecule has 1 heterocycles. The highest BCUT2D eigenvalue weighted by Gasteiger charge is 2.04. The number of anilines is 1. The van der Waals surface area contributed by atoms with Crippen LogP contribution < -0.4 is 10.6 Å². The molecule has 2 aromatic rings. The van der Waals surface area contributed by atoms with Crippen molar-refractivity contribution in [2.24, 2.45) is 5.73 Å². The van der Waals surface area contributed by atoms with E-state index in [9.17, 15) is 0 Å². The number of hydrogen-bond donors (Lipinski definition) is 1. The van der Waals surface area contributed by atoms with Gasteiger partial charge in [-0.05, 0) is 48.1 Å². The summed E-state index contributed by atoms with van der Waals surface area (Å²) in [4.78, 5) is 3.74. The first kappa shape index (κ1) is 13.1. The minimum Gasteiger partial charge on any atom is -0.374 e. The number of thiophene rings is 1. The number of benzene rings is 1. The molecule has 0 spiro atoms. The molecule has 2 rings (SSSR count). The van der Waals surface area contributed by atoms with Gasteiger partial charge in [0.05, 0.1) is 0 Å². The van der Waals surface area contributed by atoms with Crippen LogP contribution in [-0.4, -0.2) is 13.6 Å². The predicted molar refractivity (Wildman–Crippen MR) is 80.4 cm³/mol. The number of rotatable bonds is 5. The summed E-state index contributed by atoms with van der Waals surface area (Å²) in [6, 6.07) is 10.8. The lowest BCUT2D eigenvalue weighted by Gasteiger charge is -2.20. The molecule has 0 fully saturated rings. The lowest BCUT2D eigenvalue weighted by molar-refractivity contribution is 0.885. The fourth-order valence-electron chi connectivity index (χ4n) is 2.01. The maximum atomic E-state index is 5.69. The highest BCUT2D eigenvalue weighted by molar-refractivity contribution is 7.09. The summed E-state index contributed by atoms with van der Waals surface area (Å²) in [6.45, 7) is 3.78. The molecule has 0 bridgehead atoms. The van der Waals surface area contributed by atoms with Crippen LogP contribution in [0, 0.1) is 6.92 Å². The van der Waals surface area contributed by atoms with Crippen LogP contribution in [0.25, 0.3) is 0 Å². The maximum Gasteiger partial charge on any atom is 0.0366 e. The molecule has 1 aromatic heterocycles. The van der Waals surface area contributed by atoms with Crippen molar-refractivity contribution in [1.82, 2.24) is 0 Å². The lowest BCUT2D eigenvalue weighted by atomic mass is 10.1. The van der Waals surface area contributed by atoms with Gasteiger partial charge in [-0.2, -0.15) is 0 Å². The Bertz CT molecular complexity index is 491. The van der Waals surface area contributed by atoms with Crippen molar-refractivity contribution in [3.63, 3.8) is 0 Å². The standard InChI is InChI=1S/C15H20N2S/c1-12-10-14(6-5-13(12)11-16)17(2)8-7-15-4-3-9-18-15/h3-6,9-10H,7-8,11,16H2,1-2H3. The van der Waals surface area contributed by atoms with E-state index >= 15 is 0 Å². The van der Waals surface area contributed by atoms with Gasteiger partial charge in [0.15, 0.2) is 0 Å². The third-order valence-corrected chi connectivity index (χ3v) is 4.20. The Morgan fingerprint density at radius 1 is 1.28 bits per heavy atom. The molecule has 0 aliphatic rings. The molecule has 0 atom stereocenters. The molecule has 0 saturated carbocycles. The topological polar surface area (TPSA) is 29.3 Å². The molecule has 18 heavy (non-hydrogen) atoms. The normalized spacial score (nSPS) is 10.6. The molecule has 0 unspecified atom stereocenters. The third-order valence-electron chi connectivity index (χ3n) is 3.26. The van der Waals surface area contributed by atoms with Crippen molar-refractivity contribution in [3.05, 3.63) is 51.7 Å². The Balaban J connectivity index is 2.00.